The lowest BCUT2D eigenvalue weighted by molar-refractivity contribution is 0.132. The van der Waals surface area contributed by atoms with Crippen LogP contribution >= 0.6 is 0 Å². The summed E-state index contributed by atoms with van der Waals surface area (Å²) in [6.07, 6.45) is 0. The molecule has 90 valence electrons. The minimum absolute atomic E-state index is 0.204. The van der Waals surface area contributed by atoms with E-state index in [0.717, 1.165) is 5.56 Å². The maximum absolute atomic E-state index is 6.02. The van der Waals surface area contributed by atoms with Gasteiger partial charge in [0, 0.05) is 12.2 Å². The average molecular weight is 225 g/mol. The minimum Gasteiger partial charge on any atom is -0.493 e. The van der Waals surface area contributed by atoms with Crippen LogP contribution in [0.3, 0.4) is 0 Å². The molecule has 1 atom stereocenters. The molecule has 4 nitrogen and oxygen atoms in total. The molecular formula is C12H19NO3. The molecule has 0 fully saturated rings. The molecule has 0 aliphatic heterocycles. The van der Waals surface area contributed by atoms with E-state index in [9.17, 15) is 0 Å². The highest BCUT2D eigenvalue weighted by atomic mass is 16.5. The fourth-order valence-corrected chi connectivity index (χ4v) is 1.54. The van der Waals surface area contributed by atoms with Crippen LogP contribution in [0.2, 0.25) is 0 Å². The van der Waals surface area contributed by atoms with Gasteiger partial charge in [-0.15, -0.1) is 0 Å². The quantitative estimate of drug-likeness (QED) is 0.801. The Kier molecular flexibility index (Phi) is 5.08. The largest absolute Gasteiger partial charge is 0.493 e. The summed E-state index contributed by atoms with van der Waals surface area (Å²) in [5.74, 6) is 1.36. The summed E-state index contributed by atoms with van der Waals surface area (Å²) >= 11 is 0. The topological polar surface area (TPSA) is 53.7 Å². The molecule has 0 saturated carbocycles. The van der Waals surface area contributed by atoms with Gasteiger partial charge < -0.3 is 19.9 Å². The lowest BCUT2D eigenvalue weighted by Gasteiger charge is -2.17. The van der Waals surface area contributed by atoms with E-state index in [2.05, 4.69) is 0 Å². The van der Waals surface area contributed by atoms with E-state index in [1.807, 2.05) is 25.1 Å². The van der Waals surface area contributed by atoms with Gasteiger partial charge in [-0.2, -0.15) is 0 Å². The molecule has 1 unspecified atom stereocenters. The van der Waals surface area contributed by atoms with Gasteiger partial charge in [0.25, 0.3) is 0 Å². The van der Waals surface area contributed by atoms with Gasteiger partial charge in [0.1, 0.15) is 0 Å². The predicted octanol–water partition coefficient (Wildman–Crippen LogP) is 1.74. The van der Waals surface area contributed by atoms with Crippen molar-refractivity contribution < 1.29 is 14.2 Å². The lowest BCUT2D eigenvalue weighted by atomic mass is 10.1. The van der Waals surface area contributed by atoms with Crippen LogP contribution in [0.25, 0.3) is 0 Å². The molecule has 1 aromatic carbocycles. The van der Waals surface area contributed by atoms with Crippen LogP contribution in [-0.4, -0.2) is 27.4 Å². The molecule has 0 aliphatic carbocycles. The molecule has 0 spiro atoms. The van der Waals surface area contributed by atoms with Crippen LogP contribution in [0.15, 0.2) is 18.2 Å². The number of hydrogen-bond donors (Lipinski definition) is 1. The highest BCUT2D eigenvalue weighted by Gasteiger charge is 2.15. The Labute approximate surface area is 96.3 Å². The molecule has 0 radical (unpaired) electrons. The zero-order chi connectivity index (χ0) is 12.0. The van der Waals surface area contributed by atoms with Crippen molar-refractivity contribution in [3.8, 4) is 11.5 Å². The van der Waals surface area contributed by atoms with Gasteiger partial charge in [0.15, 0.2) is 11.5 Å². The van der Waals surface area contributed by atoms with Crippen LogP contribution < -0.4 is 15.2 Å². The standard InChI is InChI=1S/C12H19NO3/c1-4-16-8-10(13)9-6-5-7-11(14-2)12(9)15-3/h5-7,10H,4,8,13H2,1-3H3. The summed E-state index contributed by atoms with van der Waals surface area (Å²) in [5, 5.41) is 0. The first-order valence-corrected chi connectivity index (χ1v) is 5.28. The highest BCUT2D eigenvalue weighted by Crippen LogP contribution is 2.33. The number of para-hydroxylation sites is 1. The molecule has 1 rings (SSSR count). The third kappa shape index (κ3) is 2.87. The third-order valence-electron chi connectivity index (χ3n) is 2.33. The van der Waals surface area contributed by atoms with Crippen molar-refractivity contribution in [1.82, 2.24) is 0 Å². The van der Waals surface area contributed by atoms with E-state index in [4.69, 9.17) is 19.9 Å². The molecule has 2 N–H and O–H groups in total. The van der Waals surface area contributed by atoms with E-state index in [0.29, 0.717) is 24.7 Å². The first-order chi connectivity index (χ1) is 7.74. The molecule has 4 heteroatoms. The Morgan fingerprint density at radius 2 is 2.00 bits per heavy atom. The van der Waals surface area contributed by atoms with Crippen molar-refractivity contribution in [1.29, 1.82) is 0 Å². The monoisotopic (exact) mass is 225 g/mol. The zero-order valence-electron chi connectivity index (χ0n) is 10.0. The second kappa shape index (κ2) is 6.35. The van der Waals surface area contributed by atoms with Gasteiger partial charge in [-0.3, -0.25) is 0 Å². The van der Waals surface area contributed by atoms with Gasteiger partial charge >= 0.3 is 0 Å². The van der Waals surface area contributed by atoms with Crippen molar-refractivity contribution in [3.05, 3.63) is 23.8 Å². The molecule has 0 aromatic heterocycles. The van der Waals surface area contributed by atoms with Crippen molar-refractivity contribution in [2.75, 3.05) is 27.4 Å². The molecule has 0 saturated heterocycles. The number of methoxy groups -OCH3 is 2. The second-order valence-corrected chi connectivity index (χ2v) is 3.35. The number of nitrogens with two attached hydrogens (primary N) is 1. The maximum atomic E-state index is 6.02. The van der Waals surface area contributed by atoms with Gasteiger partial charge in [0.05, 0.1) is 26.9 Å². The lowest BCUT2D eigenvalue weighted by Crippen LogP contribution is -2.18. The summed E-state index contributed by atoms with van der Waals surface area (Å²) < 4.78 is 15.8. The Balaban J connectivity index is 2.93. The summed E-state index contributed by atoms with van der Waals surface area (Å²) in [7, 11) is 3.21. The van der Waals surface area contributed by atoms with Gasteiger partial charge in [0.2, 0.25) is 0 Å². The first kappa shape index (κ1) is 12.8. The Bertz CT molecular complexity index is 328. The summed E-state index contributed by atoms with van der Waals surface area (Å²) in [5.41, 5.74) is 6.92. The molecule has 16 heavy (non-hydrogen) atoms. The fraction of sp³-hybridized carbons (Fsp3) is 0.500. The Hall–Kier alpha value is -1.26. The molecule has 0 heterocycles. The van der Waals surface area contributed by atoms with Gasteiger partial charge in [-0.05, 0) is 13.0 Å². The number of rotatable bonds is 6. The van der Waals surface area contributed by atoms with Crippen LogP contribution in [0, 0.1) is 0 Å². The molecule has 0 amide bonds. The first-order valence-electron chi connectivity index (χ1n) is 5.28. The SMILES string of the molecule is CCOCC(N)c1cccc(OC)c1OC. The smallest absolute Gasteiger partial charge is 0.165 e. The van der Waals surface area contributed by atoms with Crippen molar-refractivity contribution in [3.63, 3.8) is 0 Å². The predicted molar refractivity (Wildman–Crippen MR) is 63.0 cm³/mol. The van der Waals surface area contributed by atoms with E-state index < -0.39 is 0 Å². The van der Waals surface area contributed by atoms with E-state index in [1.165, 1.54) is 0 Å². The zero-order valence-corrected chi connectivity index (χ0v) is 10.0. The highest BCUT2D eigenvalue weighted by molar-refractivity contribution is 5.48. The second-order valence-electron chi connectivity index (χ2n) is 3.35. The van der Waals surface area contributed by atoms with Crippen LogP contribution in [0.5, 0.6) is 11.5 Å². The van der Waals surface area contributed by atoms with Crippen molar-refractivity contribution >= 4 is 0 Å². The Morgan fingerprint density at radius 3 is 2.56 bits per heavy atom. The van der Waals surface area contributed by atoms with Crippen LogP contribution in [0.4, 0.5) is 0 Å². The average Bonchev–Trinajstić information content (AvgIpc) is 2.34. The summed E-state index contributed by atoms with van der Waals surface area (Å²) in [6, 6.07) is 5.45. The van der Waals surface area contributed by atoms with Crippen molar-refractivity contribution in [2.24, 2.45) is 5.73 Å². The summed E-state index contributed by atoms with van der Waals surface area (Å²) in [6.45, 7) is 3.07. The molecule has 0 aliphatic rings. The third-order valence-corrected chi connectivity index (χ3v) is 2.33. The summed E-state index contributed by atoms with van der Waals surface area (Å²) in [4.78, 5) is 0. The van der Waals surface area contributed by atoms with E-state index in [-0.39, 0.29) is 6.04 Å². The fourth-order valence-electron chi connectivity index (χ4n) is 1.54. The van der Waals surface area contributed by atoms with Crippen molar-refractivity contribution in [2.45, 2.75) is 13.0 Å². The molecule has 0 bridgehead atoms. The molecule has 1 aromatic rings. The van der Waals surface area contributed by atoms with Gasteiger partial charge in [-0.1, -0.05) is 12.1 Å². The molecular weight excluding hydrogens is 206 g/mol. The van der Waals surface area contributed by atoms with Gasteiger partial charge in [-0.25, -0.2) is 0 Å². The number of benzene rings is 1. The Morgan fingerprint density at radius 1 is 1.25 bits per heavy atom. The van der Waals surface area contributed by atoms with Crippen LogP contribution in [0.1, 0.15) is 18.5 Å². The van der Waals surface area contributed by atoms with E-state index in [1.54, 1.807) is 14.2 Å². The van der Waals surface area contributed by atoms with Crippen LogP contribution in [-0.2, 0) is 4.74 Å². The van der Waals surface area contributed by atoms with E-state index >= 15 is 0 Å². The maximum Gasteiger partial charge on any atom is 0.165 e. The minimum atomic E-state index is -0.204. The number of ether oxygens (including phenoxy) is 3. The normalized spacial score (nSPS) is 12.2. The number of hydrogen-bond acceptors (Lipinski definition) is 4.